The van der Waals surface area contributed by atoms with Crippen LogP contribution in [0.15, 0.2) is 60.7 Å². The van der Waals surface area contributed by atoms with Crippen LogP contribution in [0.3, 0.4) is 0 Å². The van der Waals surface area contributed by atoms with Gasteiger partial charge in [-0.3, -0.25) is 4.79 Å². The number of rotatable bonds is 9. The lowest BCUT2D eigenvalue weighted by molar-refractivity contribution is 0.0783. The third kappa shape index (κ3) is 5.80. The molecule has 0 aliphatic carbocycles. The van der Waals surface area contributed by atoms with Gasteiger partial charge in [0, 0.05) is 30.8 Å². The van der Waals surface area contributed by atoms with Crippen LogP contribution in [0.1, 0.15) is 53.0 Å². The largest absolute Gasteiger partial charge is 0.478 e. The summed E-state index contributed by atoms with van der Waals surface area (Å²) in [5, 5.41) is 21.3. The Morgan fingerprint density at radius 1 is 1.18 bits per heavy atom. The summed E-state index contributed by atoms with van der Waals surface area (Å²) in [5.74, 6) is 0.560. The summed E-state index contributed by atoms with van der Waals surface area (Å²) >= 11 is 0. The van der Waals surface area contributed by atoms with Gasteiger partial charge >= 0.3 is 0 Å². The maximum Gasteiger partial charge on any atom is 0.253 e. The number of carbonyl (C=O) groups excluding carboxylic acids is 1. The van der Waals surface area contributed by atoms with Crippen molar-refractivity contribution in [1.29, 1.82) is 0 Å². The number of hydrogen-bond acceptors (Lipinski definition) is 5. The normalized spacial score (nSPS) is 18.8. The zero-order valence-electron chi connectivity index (χ0n) is 19.2. The molecule has 3 atom stereocenters. The fourth-order valence-electron chi connectivity index (χ4n) is 4.40. The van der Waals surface area contributed by atoms with E-state index < -0.39 is 6.10 Å². The summed E-state index contributed by atoms with van der Waals surface area (Å²) in [7, 11) is 1.77. The van der Waals surface area contributed by atoms with E-state index in [-0.39, 0.29) is 11.9 Å². The van der Waals surface area contributed by atoms with Gasteiger partial charge in [-0.2, -0.15) is 5.10 Å². The second kappa shape index (κ2) is 10.6. The highest BCUT2D eigenvalue weighted by Crippen LogP contribution is 2.26. The van der Waals surface area contributed by atoms with Crippen molar-refractivity contribution in [3.8, 4) is 5.88 Å². The quantitative estimate of drug-likeness (QED) is 0.466. The number of aromatic nitrogens is 2. The number of aliphatic hydroxyl groups excluding tert-OH is 1. The topological polar surface area (TPSA) is 90.5 Å². The third-order valence-electron chi connectivity index (χ3n) is 6.13. The van der Waals surface area contributed by atoms with Crippen molar-refractivity contribution in [3.63, 3.8) is 0 Å². The van der Waals surface area contributed by atoms with Crippen molar-refractivity contribution in [3.05, 3.63) is 83.0 Å². The maximum atomic E-state index is 12.8. The van der Waals surface area contributed by atoms with E-state index in [0.29, 0.717) is 30.6 Å². The number of H-pyrrole nitrogens is 1. The number of nitrogens with one attached hydrogen (secondary N) is 2. The summed E-state index contributed by atoms with van der Waals surface area (Å²) < 4.78 is 5.38. The minimum Gasteiger partial charge on any atom is -0.478 e. The van der Waals surface area contributed by atoms with Gasteiger partial charge in [-0.05, 0) is 49.4 Å². The van der Waals surface area contributed by atoms with E-state index in [1.807, 2.05) is 67.6 Å². The van der Waals surface area contributed by atoms with Gasteiger partial charge < -0.3 is 20.1 Å². The van der Waals surface area contributed by atoms with E-state index in [0.717, 1.165) is 30.5 Å². The van der Waals surface area contributed by atoms with Gasteiger partial charge in [0.05, 0.1) is 24.9 Å². The third-order valence-corrected chi connectivity index (χ3v) is 6.13. The molecule has 1 fully saturated rings. The first-order valence-corrected chi connectivity index (χ1v) is 11.5. The molecule has 1 aliphatic rings. The standard InChI is InChI=1S/C26H32N4O3/c1-3-33-24-16-22(28-29-24)17-30(2)26(32)20-11-9-18(10-12-20)15-21-13-14-23(27-21)25(31)19-7-5-4-6-8-19/h4-12,16,21,23,25,27,31H,3,13-15,17H2,1-2H3,(H,28,29)/t21-,23+,25?/m0/s1. The molecule has 0 radical (unpaired) electrons. The van der Waals surface area contributed by atoms with E-state index in [1.165, 1.54) is 5.56 Å². The number of hydrogen-bond donors (Lipinski definition) is 3. The van der Waals surface area contributed by atoms with E-state index in [1.54, 1.807) is 11.9 Å². The predicted octanol–water partition coefficient (Wildman–Crippen LogP) is 3.48. The Morgan fingerprint density at radius 2 is 1.94 bits per heavy atom. The number of carbonyl (C=O) groups is 1. The van der Waals surface area contributed by atoms with Crippen molar-refractivity contribution < 1.29 is 14.6 Å². The zero-order chi connectivity index (χ0) is 23.2. The highest BCUT2D eigenvalue weighted by atomic mass is 16.5. The van der Waals surface area contributed by atoms with Gasteiger partial charge in [-0.15, -0.1) is 0 Å². The first-order chi connectivity index (χ1) is 16.0. The first kappa shape index (κ1) is 23.0. The van der Waals surface area contributed by atoms with Crippen molar-refractivity contribution >= 4 is 5.91 Å². The number of ether oxygens (including phenoxy) is 1. The summed E-state index contributed by atoms with van der Waals surface area (Å²) in [4.78, 5) is 14.5. The molecule has 174 valence electrons. The highest BCUT2D eigenvalue weighted by molar-refractivity contribution is 5.94. The number of nitrogens with zero attached hydrogens (tertiary/aromatic N) is 2. The molecule has 1 aromatic heterocycles. The molecular formula is C26H32N4O3. The maximum absolute atomic E-state index is 12.8. The van der Waals surface area contributed by atoms with Gasteiger partial charge in [0.15, 0.2) is 0 Å². The van der Waals surface area contributed by atoms with Gasteiger partial charge in [0.25, 0.3) is 5.91 Å². The Balaban J connectivity index is 1.29. The molecule has 2 heterocycles. The van der Waals surface area contributed by atoms with E-state index in [2.05, 4.69) is 15.5 Å². The van der Waals surface area contributed by atoms with Crippen molar-refractivity contribution in [2.24, 2.45) is 0 Å². The van der Waals surface area contributed by atoms with Crippen molar-refractivity contribution in [2.45, 2.75) is 50.9 Å². The molecular weight excluding hydrogens is 416 g/mol. The molecule has 0 saturated carbocycles. The van der Waals surface area contributed by atoms with Crippen LogP contribution in [0.4, 0.5) is 0 Å². The highest BCUT2D eigenvalue weighted by Gasteiger charge is 2.29. The fourth-order valence-corrected chi connectivity index (χ4v) is 4.40. The average molecular weight is 449 g/mol. The van der Waals surface area contributed by atoms with Gasteiger partial charge in [0.1, 0.15) is 0 Å². The average Bonchev–Trinajstić information content (AvgIpc) is 3.49. The van der Waals surface area contributed by atoms with E-state index in [4.69, 9.17) is 4.74 Å². The van der Waals surface area contributed by atoms with Crippen LogP contribution in [-0.2, 0) is 13.0 Å². The molecule has 1 amide bonds. The number of aromatic amines is 1. The van der Waals surface area contributed by atoms with Crippen LogP contribution >= 0.6 is 0 Å². The Kier molecular flexibility index (Phi) is 7.42. The Hall–Kier alpha value is -3.16. The molecule has 0 spiro atoms. The number of aliphatic hydroxyl groups is 1. The van der Waals surface area contributed by atoms with Crippen LogP contribution in [-0.4, -0.2) is 51.8 Å². The van der Waals surface area contributed by atoms with Gasteiger partial charge in [-0.25, -0.2) is 5.10 Å². The molecule has 0 bridgehead atoms. The lowest BCUT2D eigenvalue weighted by Gasteiger charge is -2.20. The smallest absolute Gasteiger partial charge is 0.253 e. The van der Waals surface area contributed by atoms with Crippen molar-refractivity contribution in [1.82, 2.24) is 20.4 Å². The molecule has 1 unspecified atom stereocenters. The molecule has 2 aromatic carbocycles. The SMILES string of the molecule is CCOc1cc(CN(C)C(=O)c2ccc(C[C@@H]3CC[C@H](C(O)c4ccccc4)N3)cc2)n[nH]1. The minimum atomic E-state index is -0.495. The summed E-state index contributed by atoms with van der Waals surface area (Å²) in [6.07, 6.45) is 2.34. The predicted molar refractivity (Wildman–Crippen MR) is 127 cm³/mol. The van der Waals surface area contributed by atoms with Gasteiger partial charge in [-0.1, -0.05) is 42.5 Å². The summed E-state index contributed by atoms with van der Waals surface area (Å²) in [6.45, 7) is 2.88. The van der Waals surface area contributed by atoms with Crippen LogP contribution < -0.4 is 10.1 Å². The Bertz CT molecular complexity index is 1040. The van der Waals surface area contributed by atoms with Crippen LogP contribution in [0.2, 0.25) is 0 Å². The van der Waals surface area contributed by atoms with Gasteiger partial charge in [0.2, 0.25) is 5.88 Å². The fraction of sp³-hybridized carbons (Fsp3) is 0.385. The second-order valence-corrected chi connectivity index (χ2v) is 8.62. The molecule has 4 rings (SSSR count). The molecule has 7 heteroatoms. The molecule has 1 aliphatic heterocycles. The lowest BCUT2D eigenvalue weighted by Crippen LogP contribution is -2.35. The van der Waals surface area contributed by atoms with Crippen molar-refractivity contribution in [2.75, 3.05) is 13.7 Å². The molecule has 33 heavy (non-hydrogen) atoms. The molecule has 3 aromatic rings. The zero-order valence-corrected chi connectivity index (χ0v) is 19.2. The summed E-state index contributed by atoms with van der Waals surface area (Å²) in [5.41, 5.74) is 3.53. The number of amides is 1. The monoisotopic (exact) mass is 448 g/mol. The van der Waals surface area contributed by atoms with Crippen LogP contribution in [0.5, 0.6) is 5.88 Å². The number of benzene rings is 2. The first-order valence-electron chi connectivity index (χ1n) is 11.5. The van der Waals surface area contributed by atoms with E-state index >= 15 is 0 Å². The molecule has 3 N–H and O–H groups in total. The lowest BCUT2D eigenvalue weighted by atomic mass is 10.0. The van der Waals surface area contributed by atoms with Crippen LogP contribution in [0.25, 0.3) is 0 Å². The molecule has 7 nitrogen and oxygen atoms in total. The minimum absolute atomic E-state index is 0.0486. The van der Waals surface area contributed by atoms with E-state index in [9.17, 15) is 9.90 Å². The second-order valence-electron chi connectivity index (χ2n) is 8.62. The Labute approximate surface area is 194 Å². The van der Waals surface area contributed by atoms with Crippen LogP contribution in [0, 0.1) is 0 Å². The molecule has 1 saturated heterocycles. The summed E-state index contributed by atoms with van der Waals surface area (Å²) in [6, 6.07) is 19.8. The Morgan fingerprint density at radius 3 is 2.67 bits per heavy atom.